The van der Waals surface area contributed by atoms with Crippen molar-refractivity contribution in [2.45, 2.75) is 43.6 Å². The Kier molecular flexibility index (Phi) is 7.44. The third-order valence-corrected chi connectivity index (χ3v) is 7.76. The molecule has 1 N–H and O–H groups in total. The van der Waals surface area contributed by atoms with Gasteiger partial charge in [0.25, 0.3) is 10.0 Å². The van der Waals surface area contributed by atoms with Crippen LogP contribution in [0.1, 0.15) is 31.2 Å². The number of sulfonamides is 1. The van der Waals surface area contributed by atoms with E-state index in [1.165, 1.54) is 31.0 Å². The van der Waals surface area contributed by atoms with Gasteiger partial charge in [-0.15, -0.1) is 0 Å². The summed E-state index contributed by atoms with van der Waals surface area (Å²) in [5.41, 5.74) is 1.80. The number of carbonyl (C=O) groups is 1. The molecule has 3 aromatic carbocycles. The van der Waals surface area contributed by atoms with Crippen LogP contribution < -0.4 is 14.4 Å². The molecule has 1 amide bonds. The highest BCUT2D eigenvalue weighted by Crippen LogP contribution is 2.27. The number of halogens is 1. The maximum absolute atomic E-state index is 13.4. The van der Waals surface area contributed by atoms with Crippen molar-refractivity contribution >= 4 is 38.9 Å². The summed E-state index contributed by atoms with van der Waals surface area (Å²) < 4.78 is 33.9. The van der Waals surface area contributed by atoms with Crippen LogP contribution in [-0.2, 0) is 14.8 Å². The number of anilines is 2. The van der Waals surface area contributed by atoms with Gasteiger partial charge in [0.15, 0.2) is 0 Å². The summed E-state index contributed by atoms with van der Waals surface area (Å²) in [6.07, 6.45) is 4.75. The lowest BCUT2D eigenvalue weighted by Gasteiger charge is -2.24. The second-order valence-corrected chi connectivity index (χ2v) is 10.7. The van der Waals surface area contributed by atoms with Gasteiger partial charge in [-0.25, -0.2) is 8.42 Å². The van der Waals surface area contributed by atoms with Crippen molar-refractivity contribution in [1.29, 1.82) is 0 Å². The number of nitrogens with zero attached hydrogens (tertiary/aromatic N) is 1. The Morgan fingerprint density at radius 2 is 1.71 bits per heavy atom. The molecule has 0 saturated heterocycles. The number of ether oxygens (including phenoxy) is 1. The van der Waals surface area contributed by atoms with Gasteiger partial charge in [-0.1, -0.05) is 35.4 Å². The minimum absolute atomic E-state index is 0.0966. The summed E-state index contributed by atoms with van der Waals surface area (Å²) in [5, 5.41) is 3.15. The van der Waals surface area contributed by atoms with E-state index in [9.17, 15) is 13.2 Å². The molecule has 0 radical (unpaired) electrons. The zero-order chi connectivity index (χ0) is 24.1. The topological polar surface area (TPSA) is 75.7 Å². The minimum atomic E-state index is -4.00. The van der Waals surface area contributed by atoms with E-state index in [4.69, 9.17) is 16.3 Å². The van der Waals surface area contributed by atoms with Gasteiger partial charge in [0.1, 0.15) is 12.3 Å². The van der Waals surface area contributed by atoms with E-state index in [1.54, 1.807) is 42.5 Å². The summed E-state index contributed by atoms with van der Waals surface area (Å²) >= 11 is 6.11. The second-order valence-electron chi connectivity index (χ2n) is 8.40. The summed E-state index contributed by atoms with van der Waals surface area (Å²) in [6.45, 7) is 1.47. The first kappa shape index (κ1) is 24.1. The van der Waals surface area contributed by atoms with E-state index in [0.717, 1.165) is 28.5 Å². The molecule has 0 aliphatic heterocycles. The fourth-order valence-electron chi connectivity index (χ4n) is 3.93. The highest BCUT2D eigenvalue weighted by Gasteiger charge is 2.27. The molecule has 1 aliphatic carbocycles. The van der Waals surface area contributed by atoms with Gasteiger partial charge in [-0.2, -0.15) is 0 Å². The molecule has 0 bridgehead atoms. The Balaban J connectivity index is 1.51. The van der Waals surface area contributed by atoms with Crippen LogP contribution in [0.2, 0.25) is 5.02 Å². The van der Waals surface area contributed by atoms with E-state index < -0.39 is 22.5 Å². The average molecular weight is 499 g/mol. The summed E-state index contributed by atoms with van der Waals surface area (Å²) in [7, 11) is -4.00. The quantitative estimate of drug-likeness (QED) is 0.425. The summed E-state index contributed by atoms with van der Waals surface area (Å²) in [6, 6.07) is 20.1. The van der Waals surface area contributed by atoms with Gasteiger partial charge in [-0.3, -0.25) is 9.10 Å². The first-order valence-electron chi connectivity index (χ1n) is 11.2. The Labute approximate surface area is 205 Å². The van der Waals surface area contributed by atoms with Crippen molar-refractivity contribution in [2.75, 3.05) is 16.2 Å². The molecule has 1 saturated carbocycles. The van der Waals surface area contributed by atoms with E-state index in [-0.39, 0.29) is 11.0 Å². The van der Waals surface area contributed by atoms with Crippen molar-refractivity contribution in [3.63, 3.8) is 0 Å². The molecule has 0 atom stereocenters. The van der Waals surface area contributed by atoms with Gasteiger partial charge in [0.2, 0.25) is 5.91 Å². The summed E-state index contributed by atoms with van der Waals surface area (Å²) in [5.74, 6) is 0.285. The van der Waals surface area contributed by atoms with Crippen LogP contribution in [0.5, 0.6) is 5.75 Å². The molecule has 0 unspecified atom stereocenters. The molecular formula is C26H27ClN2O4S. The molecule has 178 valence electrons. The molecule has 34 heavy (non-hydrogen) atoms. The van der Waals surface area contributed by atoms with Crippen LogP contribution >= 0.6 is 11.6 Å². The number of carbonyl (C=O) groups excluding carboxylic acids is 1. The number of benzene rings is 3. The van der Waals surface area contributed by atoms with Gasteiger partial charge >= 0.3 is 0 Å². The standard InChI is InChI=1S/C26H27ClN2O4S/c1-19-9-15-25(16-10-19)34(31,32)29(22-6-4-5-20(27)17-22)18-26(30)28-21-11-13-24(14-12-21)33-23-7-2-3-8-23/h4-6,9-17,23H,2-3,7-8,18H2,1H3,(H,28,30). The molecule has 6 nitrogen and oxygen atoms in total. The van der Waals surface area contributed by atoms with Crippen LogP contribution in [0.3, 0.4) is 0 Å². The fraction of sp³-hybridized carbons (Fsp3) is 0.269. The van der Waals surface area contributed by atoms with Gasteiger partial charge in [0.05, 0.1) is 16.7 Å². The number of amides is 1. The number of hydrogen-bond donors (Lipinski definition) is 1. The van der Waals surface area contributed by atoms with E-state index in [0.29, 0.717) is 16.4 Å². The van der Waals surface area contributed by atoms with Crippen LogP contribution in [0, 0.1) is 6.92 Å². The molecule has 8 heteroatoms. The van der Waals surface area contributed by atoms with E-state index in [2.05, 4.69) is 5.32 Å². The first-order chi connectivity index (χ1) is 16.3. The maximum Gasteiger partial charge on any atom is 0.264 e. The van der Waals surface area contributed by atoms with E-state index >= 15 is 0 Å². The Bertz CT molecular complexity index is 1240. The summed E-state index contributed by atoms with van der Waals surface area (Å²) in [4.78, 5) is 13.0. The van der Waals surface area contributed by atoms with Crippen molar-refractivity contribution in [3.05, 3.63) is 83.4 Å². The predicted octanol–water partition coefficient (Wildman–Crippen LogP) is 5.80. The average Bonchev–Trinajstić information content (AvgIpc) is 3.32. The van der Waals surface area contributed by atoms with E-state index in [1.807, 2.05) is 19.1 Å². The Hall–Kier alpha value is -3.03. The Morgan fingerprint density at radius 3 is 2.35 bits per heavy atom. The van der Waals surface area contributed by atoms with Crippen LogP contribution in [-0.4, -0.2) is 27.0 Å². The monoisotopic (exact) mass is 498 g/mol. The lowest BCUT2D eigenvalue weighted by atomic mass is 10.2. The SMILES string of the molecule is Cc1ccc(S(=O)(=O)N(CC(=O)Nc2ccc(OC3CCCC3)cc2)c2cccc(Cl)c2)cc1. The number of rotatable bonds is 8. The zero-order valence-electron chi connectivity index (χ0n) is 18.9. The molecule has 4 rings (SSSR count). The van der Waals surface area contributed by atoms with Gasteiger partial charge in [0, 0.05) is 10.7 Å². The number of hydrogen-bond acceptors (Lipinski definition) is 4. The first-order valence-corrected chi connectivity index (χ1v) is 13.0. The van der Waals surface area contributed by atoms with Crippen molar-refractivity contribution in [2.24, 2.45) is 0 Å². The smallest absolute Gasteiger partial charge is 0.264 e. The predicted molar refractivity (Wildman–Crippen MR) is 135 cm³/mol. The highest BCUT2D eigenvalue weighted by molar-refractivity contribution is 7.92. The normalized spacial score (nSPS) is 14.1. The van der Waals surface area contributed by atoms with Crippen molar-refractivity contribution in [1.82, 2.24) is 0 Å². The van der Waals surface area contributed by atoms with Crippen molar-refractivity contribution in [3.8, 4) is 5.75 Å². The zero-order valence-corrected chi connectivity index (χ0v) is 20.5. The largest absolute Gasteiger partial charge is 0.490 e. The van der Waals surface area contributed by atoms with Crippen LogP contribution in [0.25, 0.3) is 0 Å². The molecule has 3 aromatic rings. The molecule has 1 aliphatic rings. The molecule has 1 fully saturated rings. The number of aryl methyl sites for hydroxylation is 1. The second kappa shape index (κ2) is 10.5. The van der Waals surface area contributed by atoms with Crippen LogP contribution in [0.4, 0.5) is 11.4 Å². The third-order valence-electron chi connectivity index (χ3n) is 5.74. The third kappa shape index (κ3) is 5.90. The molecule has 0 heterocycles. The highest BCUT2D eigenvalue weighted by atomic mass is 35.5. The van der Waals surface area contributed by atoms with Crippen molar-refractivity contribution < 1.29 is 17.9 Å². The number of nitrogens with one attached hydrogen (secondary N) is 1. The minimum Gasteiger partial charge on any atom is -0.490 e. The molecular weight excluding hydrogens is 472 g/mol. The fourth-order valence-corrected chi connectivity index (χ4v) is 5.53. The molecule has 0 aromatic heterocycles. The lowest BCUT2D eigenvalue weighted by molar-refractivity contribution is -0.114. The Morgan fingerprint density at radius 1 is 1.03 bits per heavy atom. The van der Waals surface area contributed by atoms with Gasteiger partial charge < -0.3 is 10.1 Å². The van der Waals surface area contributed by atoms with Gasteiger partial charge in [-0.05, 0) is 87.2 Å². The maximum atomic E-state index is 13.4. The van der Waals surface area contributed by atoms with Crippen LogP contribution in [0.15, 0.2) is 77.7 Å². The molecule has 0 spiro atoms. The lowest BCUT2D eigenvalue weighted by Crippen LogP contribution is -2.38.